The molecular weight excluding hydrogens is 560 g/mol. The van der Waals surface area contributed by atoms with Crippen LogP contribution in [-0.4, -0.2) is 28.1 Å². The van der Waals surface area contributed by atoms with Gasteiger partial charge in [0.1, 0.15) is 11.9 Å². The van der Waals surface area contributed by atoms with Crippen molar-refractivity contribution in [2.45, 2.75) is 32.8 Å². The smallest absolute Gasteiger partial charge is 0.412 e. The highest BCUT2D eigenvalue weighted by Gasteiger charge is 2.27. The van der Waals surface area contributed by atoms with Crippen molar-refractivity contribution in [3.63, 3.8) is 0 Å². The molecule has 0 aliphatic rings. The summed E-state index contributed by atoms with van der Waals surface area (Å²) in [4.78, 5) is 35.2. The van der Waals surface area contributed by atoms with Crippen LogP contribution < -0.4 is 10.8 Å². The van der Waals surface area contributed by atoms with Crippen LogP contribution in [0.3, 0.4) is 0 Å². The maximum Gasteiger partial charge on any atom is 0.412 e. The highest BCUT2D eigenvalue weighted by molar-refractivity contribution is 9.11. The lowest BCUT2D eigenvalue weighted by Crippen LogP contribution is -2.22. The first-order valence-corrected chi connectivity index (χ1v) is 11.6. The molecule has 0 radical (unpaired) electrons. The molecule has 0 aliphatic carbocycles. The van der Waals surface area contributed by atoms with Gasteiger partial charge in [0.2, 0.25) is 0 Å². The third kappa shape index (κ3) is 7.99. The van der Waals surface area contributed by atoms with Crippen LogP contribution in [0.25, 0.3) is 0 Å². The molecule has 2 amide bonds. The van der Waals surface area contributed by atoms with Crippen molar-refractivity contribution in [1.29, 1.82) is 0 Å². The molecule has 10 heteroatoms. The van der Waals surface area contributed by atoms with Crippen molar-refractivity contribution in [2.75, 3.05) is 5.32 Å². The number of Topliss-reactive ketones (excluding diaryl/α,β-unsaturated/α-hetero) is 1. The van der Waals surface area contributed by atoms with Crippen molar-refractivity contribution in [3.05, 3.63) is 68.6 Å². The Labute approximate surface area is 208 Å². The van der Waals surface area contributed by atoms with Gasteiger partial charge in [0.15, 0.2) is 5.78 Å². The lowest BCUT2D eigenvalue weighted by molar-refractivity contribution is -0.124. The number of ketones is 1. The Balaban J connectivity index is 2.21. The summed E-state index contributed by atoms with van der Waals surface area (Å²) < 4.78 is 6.83. The van der Waals surface area contributed by atoms with E-state index in [2.05, 4.69) is 37.2 Å². The van der Waals surface area contributed by atoms with Gasteiger partial charge in [-0.15, -0.1) is 0 Å². The van der Waals surface area contributed by atoms with E-state index in [-0.39, 0.29) is 17.5 Å². The largest absolute Gasteiger partial charge is 0.506 e. The van der Waals surface area contributed by atoms with Gasteiger partial charge in [0.25, 0.3) is 5.91 Å². The number of phenolic OH excluding ortho intramolecular Hbond substituents is 1. The molecule has 4 N–H and O–H groups in total. The number of hydrogen-bond donors (Lipinski definition) is 4. The molecule has 2 rings (SSSR count). The van der Waals surface area contributed by atoms with E-state index in [1.54, 1.807) is 42.5 Å². The fraction of sp³-hybridized carbons (Fsp3) is 0.261. The maximum absolute atomic E-state index is 12.7. The highest BCUT2D eigenvalue weighted by Crippen LogP contribution is 2.40. The minimum absolute atomic E-state index is 0.0520. The van der Waals surface area contributed by atoms with Crippen molar-refractivity contribution >= 4 is 55.3 Å². The zero-order valence-corrected chi connectivity index (χ0v) is 21.1. The number of nitrogens with one attached hydrogen (secondary N) is 2. The number of amides is 2. The lowest BCUT2D eigenvalue weighted by atomic mass is 9.92. The second-order valence-corrected chi connectivity index (χ2v) is 9.11. The normalized spacial score (nSPS) is 12.8. The third-order valence-electron chi connectivity index (χ3n) is 4.82. The number of ether oxygens (including phenoxy) is 1. The van der Waals surface area contributed by atoms with Crippen molar-refractivity contribution in [3.8, 4) is 5.75 Å². The first-order chi connectivity index (χ1) is 15.6. The number of halogens is 2. The highest BCUT2D eigenvalue weighted by atomic mass is 79.9. The SMILES string of the molecule is CC(=O)c1ccc(NC(=O)O[C@H](c2cc(Br)cc(Br)c2O)[C@H](C)CC/C=C/C(=O)NO)cc1. The lowest BCUT2D eigenvalue weighted by Gasteiger charge is -2.26. The molecule has 0 fully saturated rings. The molecule has 0 aromatic heterocycles. The van der Waals surface area contributed by atoms with Gasteiger partial charge in [-0.25, -0.2) is 10.3 Å². The van der Waals surface area contributed by atoms with E-state index in [0.717, 1.165) is 0 Å². The Morgan fingerprint density at radius 2 is 1.82 bits per heavy atom. The fourth-order valence-corrected chi connectivity index (χ4v) is 4.34. The number of carbonyl (C=O) groups excluding carboxylic acids is 3. The van der Waals surface area contributed by atoms with Crippen LogP contribution in [0.15, 0.2) is 57.5 Å². The standard InChI is InChI=1S/C23H24Br2N2O6/c1-13(5-3-4-6-20(29)27-32)22(18-11-16(24)12-19(25)21(18)30)33-23(31)26-17-9-7-15(8-10-17)14(2)28/h4,6-13,22,30,32H,3,5H2,1-2H3,(H,26,31)(H,27,29)/b6-4+/t13-,22+/m1/s1. The molecule has 0 saturated carbocycles. The van der Waals surface area contributed by atoms with Crippen LogP contribution in [0, 0.1) is 5.92 Å². The molecule has 2 aromatic carbocycles. The summed E-state index contributed by atoms with van der Waals surface area (Å²) in [6.45, 7) is 3.31. The summed E-state index contributed by atoms with van der Waals surface area (Å²) in [6, 6.07) is 9.74. The fourth-order valence-electron chi connectivity index (χ4n) is 3.08. The average molecular weight is 584 g/mol. The van der Waals surface area contributed by atoms with E-state index in [1.165, 1.54) is 18.5 Å². The number of carbonyl (C=O) groups is 3. The monoisotopic (exact) mass is 582 g/mol. The summed E-state index contributed by atoms with van der Waals surface area (Å²) in [6.07, 6.45) is 2.24. The zero-order valence-electron chi connectivity index (χ0n) is 18.0. The van der Waals surface area contributed by atoms with Gasteiger partial charge in [-0.3, -0.25) is 20.1 Å². The van der Waals surface area contributed by atoms with Crippen molar-refractivity contribution in [1.82, 2.24) is 5.48 Å². The molecule has 33 heavy (non-hydrogen) atoms. The van der Waals surface area contributed by atoms with Gasteiger partial charge in [-0.05, 0) is 78.0 Å². The Hall–Kier alpha value is -2.69. The molecule has 176 valence electrons. The van der Waals surface area contributed by atoms with Gasteiger partial charge in [0, 0.05) is 27.4 Å². The minimum Gasteiger partial charge on any atom is -0.506 e. The molecule has 0 spiro atoms. The van der Waals surface area contributed by atoms with E-state index in [1.807, 2.05) is 6.92 Å². The zero-order chi connectivity index (χ0) is 24.5. The van der Waals surface area contributed by atoms with E-state index in [9.17, 15) is 19.5 Å². The maximum atomic E-state index is 12.7. The Bertz CT molecular complexity index is 1040. The predicted molar refractivity (Wildman–Crippen MR) is 130 cm³/mol. The number of aromatic hydroxyl groups is 1. The van der Waals surface area contributed by atoms with Crippen molar-refractivity contribution in [2.24, 2.45) is 5.92 Å². The molecule has 0 unspecified atom stereocenters. The Morgan fingerprint density at radius 1 is 1.15 bits per heavy atom. The quantitative estimate of drug-likeness (QED) is 0.126. The number of allylic oxidation sites excluding steroid dienone is 1. The van der Waals surface area contributed by atoms with Crippen LogP contribution in [0.2, 0.25) is 0 Å². The third-order valence-corrected chi connectivity index (χ3v) is 5.88. The Morgan fingerprint density at radius 3 is 2.42 bits per heavy atom. The number of benzene rings is 2. The summed E-state index contributed by atoms with van der Waals surface area (Å²) in [7, 11) is 0. The summed E-state index contributed by atoms with van der Waals surface area (Å²) in [5.74, 6) is -1.02. The van der Waals surface area contributed by atoms with Crippen LogP contribution in [0.4, 0.5) is 10.5 Å². The molecule has 0 bridgehead atoms. The van der Waals surface area contributed by atoms with Crippen LogP contribution >= 0.6 is 31.9 Å². The number of hydrogen-bond acceptors (Lipinski definition) is 6. The minimum atomic E-state index is -0.810. The van der Waals surface area contributed by atoms with Gasteiger partial charge in [-0.2, -0.15) is 0 Å². The van der Waals surface area contributed by atoms with Crippen molar-refractivity contribution < 1.29 is 29.4 Å². The van der Waals surface area contributed by atoms with E-state index < -0.39 is 18.1 Å². The van der Waals surface area contributed by atoms with Gasteiger partial charge in [-0.1, -0.05) is 28.9 Å². The van der Waals surface area contributed by atoms with Gasteiger partial charge in [0.05, 0.1) is 4.47 Å². The topological polar surface area (TPSA) is 125 Å². The molecule has 2 aromatic rings. The summed E-state index contributed by atoms with van der Waals surface area (Å²) in [5, 5.41) is 21.8. The number of anilines is 1. The molecule has 0 aliphatic heterocycles. The molecular formula is C23H24Br2N2O6. The second kappa shape index (κ2) is 12.5. The van der Waals surface area contributed by atoms with Gasteiger partial charge < -0.3 is 9.84 Å². The predicted octanol–water partition coefficient (Wildman–Crippen LogP) is 5.89. The van der Waals surface area contributed by atoms with Crippen LogP contribution in [0.5, 0.6) is 5.75 Å². The average Bonchev–Trinajstić information content (AvgIpc) is 2.77. The first-order valence-electron chi connectivity index (χ1n) is 9.99. The van der Waals surface area contributed by atoms with E-state index in [4.69, 9.17) is 9.94 Å². The second-order valence-electron chi connectivity index (χ2n) is 7.34. The first kappa shape index (κ1) is 26.6. The summed E-state index contributed by atoms with van der Waals surface area (Å²) >= 11 is 6.68. The molecule has 2 atom stereocenters. The number of rotatable bonds is 9. The van der Waals surface area contributed by atoms with Crippen LogP contribution in [0.1, 0.15) is 48.7 Å². The molecule has 0 heterocycles. The number of hydroxylamine groups is 1. The van der Waals surface area contributed by atoms with Crippen LogP contribution in [-0.2, 0) is 9.53 Å². The number of phenols is 1. The van der Waals surface area contributed by atoms with E-state index >= 15 is 0 Å². The molecule has 8 nitrogen and oxygen atoms in total. The Kier molecular flexibility index (Phi) is 10.1. The summed E-state index contributed by atoms with van der Waals surface area (Å²) in [5.41, 5.74) is 2.89. The van der Waals surface area contributed by atoms with Gasteiger partial charge >= 0.3 is 6.09 Å². The molecule has 0 saturated heterocycles. The van der Waals surface area contributed by atoms with E-state index in [0.29, 0.717) is 38.6 Å².